The van der Waals surface area contributed by atoms with Gasteiger partial charge in [-0.3, -0.25) is 4.79 Å². The fraction of sp³-hybridized carbons (Fsp3) is 0.409. The third kappa shape index (κ3) is 4.73. The van der Waals surface area contributed by atoms with Crippen LogP contribution in [0.1, 0.15) is 72.9 Å². The molecule has 1 fully saturated rings. The maximum Gasteiger partial charge on any atom is 0.263 e. The molecule has 0 saturated heterocycles. The summed E-state index contributed by atoms with van der Waals surface area (Å²) >= 11 is 1.14. The molecule has 0 aliphatic heterocycles. The summed E-state index contributed by atoms with van der Waals surface area (Å²) in [4.78, 5) is 13.2. The second kappa shape index (κ2) is 8.81. The van der Waals surface area contributed by atoms with E-state index in [1.165, 1.54) is 61.9 Å². The van der Waals surface area contributed by atoms with E-state index in [0.717, 1.165) is 22.6 Å². The number of hydrogen-bond donors (Lipinski definition) is 0. The van der Waals surface area contributed by atoms with E-state index in [0.29, 0.717) is 11.5 Å². The molecule has 0 N–H and O–H groups in total. The molecule has 1 aliphatic rings. The van der Waals surface area contributed by atoms with Crippen molar-refractivity contribution in [2.45, 2.75) is 56.3 Å². The highest BCUT2D eigenvalue weighted by Gasteiger charge is 2.21. The molecule has 1 nitrogen and oxygen atoms in total. The minimum Gasteiger partial charge on any atom is -0.281 e. The van der Waals surface area contributed by atoms with Gasteiger partial charge in [-0.2, -0.15) is 0 Å². The van der Waals surface area contributed by atoms with Crippen molar-refractivity contribution in [2.24, 2.45) is 5.92 Å². The molecule has 2 aromatic rings. The zero-order valence-electron chi connectivity index (χ0n) is 15.0. The smallest absolute Gasteiger partial charge is 0.263 e. The molecular formula is C22H24F2OS. The average molecular weight is 374 g/mol. The summed E-state index contributed by atoms with van der Waals surface area (Å²) < 4.78 is 25.2. The highest BCUT2D eigenvalue weighted by Crippen LogP contribution is 2.37. The van der Waals surface area contributed by atoms with E-state index in [4.69, 9.17) is 0 Å². The summed E-state index contributed by atoms with van der Waals surface area (Å²) in [6.45, 7) is 2.27. The van der Waals surface area contributed by atoms with Gasteiger partial charge in [-0.25, -0.2) is 8.78 Å². The first-order valence-electron chi connectivity index (χ1n) is 9.27. The Bertz CT molecular complexity index is 717. The highest BCUT2D eigenvalue weighted by molar-refractivity contribution is 8.14. The van der Waals surface area contributed by atoms with Crippen LogP contribution in [0.5, 0.6) is 0 Å². The number of benzene rings is 2. The van der Waals surface area contributed by atoms with Crippen LogP contribution in [0.25, 0.3) is 0 Å². The van der Waals surface area contributed by atoms with Gasteiger partial charge in [0, 0.05) is 16.0 Å². The molecule has 1 aliphatic carbocycles. The van der Waals surface area contributed by atoms with Crippen molar-refractivity contribution >= 4 is 16.9 Å². The molecular weight excluding hydrogens is 350 g/mol. The lowest BCUT2D eigenvalue weighted by Crippen LogP contribution is -2.12. The first kappa shape index (κ1) is 19.1. The zero-order valence-corrected chi connectivity index (χ0v) is 15.8. The van der Waals surface area contributed by atoms with Gasteiger partial charge in [-0.05, 0) is 67.0 Å². The lowest BCUT2D eigenvalue weighted by atomic mass is 9.78. The first-order valence-corrected chi connectivity index (χ1v) is 10.1. The van der Waals surface area contributed by atoms with Gasteiger partial charge in [0.05, 0.1) is 0 Å². The van der Waals surface area contributed by atoms with Crippen molar-refractivity contribution in [3.63, 3.8) is 0 Å². The molecule has 4 heteroatoms. The molecule has 0 bridgehead atoms. The largest absolute Gasteiger partial charge is 0.281 e. The summed E-state index contributed by atoms with van der Waals surface area (Å²) in [6, 6.07) is 13.8. The van der Waals surface area contributed by atoms with Crippen LogP contribution < -0.4 is 0 Å². The van der Waals surface area contributed by atoms with Crippen LogP contribution in [0.15, 0.2) is 53.4 Å². The fourth-order valence-corrected chi connectivity index (χ4v) is 4.38. The molecule has 26 heavy (non-hydrogen) atoms. The molecule has 2 aromatic carbocycles. The van der Waals surface area contributed by atoms with E-state index in [2.05, 4.69) is 19.1 Å². The Balaban J connectivity index is 1.59. The van der Waals surface area contributed by atoms with Crippen LogP contribution in [-0.4, -0.2) is 5.12 Å². The number of carbonyl (C=O) groups excluding carboxylic acids is 1. The average Bonchev–Trinajstić information content (AvgIpc) is 2.68. The van der Waals surface area contributed by atoms with Gasteiger partial charge >= 0.3 is 0 Å². The van der Waals surface area contributed by atoms with E-state index in [1.807, 2.05) is 12.1 Å². The Kier molecular flexibility index (Phi) is 6.47. The number of thioether (sulfide) groups is 1. The Morgan fingerprint density at radius 3 is 2.15 bits per heavy atom. The standard InChI is InChI=1S/C22H24F2OS/c1-2-15-3-5-16(6-4-15)17-11-13-20(14-12-17)26-22(25)19-9-7-18(8-10-19)21(23)24/h7-16,21H,2-6H2,1H3/t15-,16-. The van der Waals surface area contributed by atoms with Gasteiger partial charge in [0.2, 0.25) is 5.12 Å². The van der Waals surface area contributed by atoms with Crippen molar-refractivity contribution in [1.82, 2.24) is 0 Å². The van der Waals surface area contributed by atoms with Gasteiger partial charge in [-0.1, -0.05) is 49.7 Å². The van der Waals surface area contributed by atoms with E-state index in [1.54, 1.807) is 0 Å². The number of hydrogen-bond acceptors (Lipinski definition) is 2. The molecule has 0 heterocycles. The fourth-order valence-electron chi connectivity index (χ4n) is 3.64. The van der Waals surface area contributed by atoms with Crippen molar-refractivity contribution in [3.05, 3.63) is 65.2 Å². The summed E-state index contributed by atoms with van der Waals surface area (Å²) in [5.41, 5.74) is 1.74. The van der Waals surface area contributed by atoms with E-state index in [9.17, 15) is 13.6 Å². The maximum atomic E-state index is 12.6. The van der Waals surface area contributed by atoms with Crippen LogP contribution in [-0.2, 0) is 0 Å². The molecule has 0 spiro atoms. The quantitative estimate of drug-likeness (QED) is 0.513. The second-order valence-corrected chi connectivity index (χ2v) is 8.05. The third-order valence-electron chi connectivity index (χ3n) is 5.38. The van der Waals surface area contributed by atoms with E-state index in [-0.39, 0.29) is 10.7 Å². The van der Waals surface area contributed by atoms with Crippen LogP contribution in [0.3, 0.4) is 0 Å². The monoisotopic (exact) mass is 374 g/mol. The summed E-state index contributed by atoms with van der Waals surface area (Å²) in [7, 11) is 0. The Morgan fingerprint density at radius 1 is 1.00 bits per heavy atom. The van der Waals surface area contributed by atoms with Crippen LogP contribution in [0, 0.1) is 5.92 Å². The summed E-state index contributed by atoms with van der Waals surface area (Å²) in [6.07, 6.45) is 3.89. The lowest BCUT2D eigenvalue weighted by molar-refractivity contribution is 0.108. The van der Waals surface area contributed by atoms with Gasteiger partial charge in [0.1, 0.15) is 0 Å². The minimum absolute atomic E-state index is 0.0614. The molecule has 0 radical (unpaired) electrons. The number of carbonyl (C=O) groups is 1. The van der Waals surface area contributed by atoms with E-state index >= 15 is 0 Å². The van der Waals surface area contributed by atoms with Crippen molar-refractivity contribution in [3.8, 4) is 0 Å². The van der Waals surface area contributed by atoms with Gasteiger partial charge in [-0.15, -0.1) is 0 Å². The number of halogens is 2. The predicted molar refractivity (Wildman–Crippen MR) is 103 cm³/mol. The second-order valence-electron chi connectivity index (χ2n) is 7.01. The Labute approximate surface area is 158 Å². The lowest BCUT2D eigenvalue weighted by Gasteiger charge is -2.28. The zero-order chi connectivity index (χ0) is 18.5. The topological polar surface area (TPSA) is 17.1 Å². The van der Waals surface area contributed by atoms with Gasteiger partial charge < -0.3 is 0 Å². The van der Waals surface area contributed by atoms with Gasteiger partial charge in [0.15, 0.2) is 0 Å². The Morgan fingerprint density at radius 2 is 1.62 bits per heavy atom. The normalized spacial score (nSPS) is 20.3. The van der Waals surface area contributed by atoms with Crippen LogP contribution in [0.4, 0.5) is 8.78 Å². The van der Waals surface area contributed by atoms with Crippen LogP contribution in [0.2, 0.25) is 0 Å². The molecule has 0 aromatic heterocycles. The van der Waals surface area contributed by atoms with Crippen molar-refractivity contribution in [2.75, 3.05) is 0 Å². The van der Waals surface area contributed by atoms with Gasteiger partial charge in [0.25, 0.3) is 6.43 Å². The van der Waals surface area contributed by atoms with Crippen LogP contribution >= 0.6 is 11.8 Å². The summed E-state index contributed by atoms with van der Waals surface area (Å²) in [5, 5.41) is -0.123. The van der Waals surface area contributed by atoms with Crippen molar-refractivity contribution in [1.29, 1.82) is 0 Å². The van der Waals surface area contributed by atoms with E-state index < -0.39 is 6.43 Å². The molecule has 138 valence electrons. The minimum atomic E-state index is -2.51. The number of alkyl halides is 2. The molecule has 3 rings (SSSR count). The molecule has 0 atom stereocenters. The first-order chi connectivity index (χ1) is 12.6. The maximum absolute atomic E-state index is 12.6. The number of rotatable bonds is 5. The van der Waals surface area contributed by atoms with Crippen molar-refractivity contribution < 1.29 is 13.6 Å². The molecule has 1 saturated carbocycles. The third-order valence-corrected chi connectivity index (χ3v) is 6.31. The highest BCUT2D eigenvalue weighted by atomic mass is 32.2. The molecule has 0 amide bonds. The SMILES string of the molecule is CC[C@H]1CC[C@H](c2ccc(SC(=O)c3ccc(C(F)F)cc3)cc2)CC1. The Hall–Kier alpha value is -1.68. The molecule has 0 unspecified atom stereocenters. The summed E-state index contributed by atoms with van der Waals surface area (Å²) in [5.74, 6) is 1.52. The predicted octanol–water partition coefficient (Wildman–Crippen LogP) is 7.24.